The Morgan fingerprint density at radius 3 is 2.74 bits per heavy atom. The molecule has 0 saturated carbocycles. The normalized spacial score (nSPS) is 11.3. The SMILES string of the molecule is O=C(/C=C/c1cccs1)N(Cc1ccncc1)c1nc2c(F)cccc2s1. The number of carbonyl (C=O) groups is 1. The smallest absolute Gasteiger partial charge is 0.253 e. The second-order valence-corrected chi connectivity index (χ2v) is 7.70. The first-order chi connectivity index (χ1) is 13.2. The molecule has 0 unspecified atom stereocenters. The van der Waals surface area contributed by atoms with E-state index in [-0.39, 0.29) is 17.2 Å². The summed E-state index contributed by atoms with van der Waals surface area (Å²) in [6.45, 7) is 0.331. The molecule has 4 aromatic rings. The minimum absolute atomic E-state index is 0.209. The molecule has 3 aromatic heterocycles. The Morgan fingerprint density at radius 1 is 1.15 bits per heavy atom. The molecule has 0 aliphatic heterocycles. The maximum Gasteiger partial charge on any atom is 0.253 e. The summed E-state index contributed by atoms with van der Waals surface area (Å²) < 4.78 is 14.8. The van der Waals surface area contributed by atoms with E-state index in [1.807, 2.05) is 29.6 Å². The van der Waals surface area contributed by atoms with Gasteiger partial charge in [0.15, 0.2) is 5.13 Å². The largest absolute Gasteiger partial charge is 0.280 e. The topological polar surface area (TPSA) is 46.1 Å². The van der Waals surface area contributed by atoms with Gasteiger partial charge in [-0.1, -0.05) is 23.5 Å². The van der Waals surface area contributed by atoms with Crippen LogP contribution in [0.1, 0.15) is 10.4 Å². The second kappa shape index (κ2) is 7.77. The summed E-state index contributed by atoms with van der Waals surface area (Å²) in [4.78, 5) is 23.8. The first-order valence-electron chi connectivity index (χ1n) is 8.18. The molecule has 0 fully saturated rings. The summed E-state index contributed by atoms with van der Waals surface area (Å²) >= 11 is 2.85. The number of amides is 1. The van der Waals surface area contributed by atoms with Crippen LogP contribution in [0.25, 0.3) is 16.3 Å². The monoisotopic (exact) mass is 395 g/mol. The second-order valence-electron chi connectivity index (χ2n) is 5.71. The van der Waals surface area contributed by atoms with Crippen LogP contribution in [0, 0.1) is 5.82 Å². The van der Waals surface area contributed by atoms with Crippen molar-refractivity contribution in [3.63, 3.8) is 0 Å². The molecule has 0 atom stereocenters. The third kappa shape index (κ3) is 3.94. The maximum atomic E-state index is 14.0. The predicted octanol–water partition coefficient (Wildman–Crippen LogP) is 5.14. The third-order valence-electron chi connectivity index (χ3n) is 3.88. The van der Waals surface area contributed by atoms with Crippen LogP contribution in [0.5, 0.6) is 0 Å². The number of halogens is 1. The van der Waals surface area contributed by atoms with E-state index in [4.69, 9.17) is 0 Å². The number of nitrogens with zero attached hydrogens (tertiary/aromatic N) is 3. The zero-order chi connectivity index (χ0) is 18.6. The van der Waals surface area contributed by atoms with Crippen LogP contribution in [0.2, 0.25) is 0 Å². The van der Waals surface area contributed by atoms with Crippen molar-refractivity contribution in [2.75, 3.05) is 4.90 Å². The van der Waals surface area contributed by atoms with Crippen LogP contribution < -0.4 is 4.90 Å². The van der Waals surface area contributed by atoms with Crippen LogP contribution in [-0.2, 0) is 11.3 Å². The first-order valence-corrected chi connectivity index (χ1v) is 9.87. The van der Waals surface area contributed by atoms with E-state index in [1.165, 1.54) is 23.5 Å². The molecular weight excluding hydrogens is 381 g/mol. The zero-order valence-corrected chi connectivity index (χ0v) is 15.7. The molecule has 0 aliphatic carbocycles. The average Bonchev–Trinajstić information content (AvgIpc) is 3.35. The molecule has 4 nitrogen and oxygen atoms in total. The van der Waals surface area contributed by atoms with Crippen molar-refractivity contribution >= 4 is 50.0 Å². The van der Waals surface area contributed by atoms with Crippen molar-refractivity contribution < 1.29 is 9.18 Å². The van der Waals surface area contributed by atoms with Crippen molar-refractivity contribution in [3.8, 4) is 0 Å². The molecule has 0 radical (unpaired) electrons. The minimum atomic E-state index is -0.388. The molecule has 1 aromatic carbocycles. The van der Waals surface area contributed by atoms with E-state index in [9.17, 15) is 9.18 Å². The third-order valence-corrected chi connectivity index (χ3v) is 5.76. The molecule has 134 valence electrons. The number of fused-ring (bicyclic) bond motifs is 1. The van der Waals surface area contributed by atoms with E-state index in [2.05, 4.69) is 9.97 Å². The molecule has 4 rings (SSSR count). The summed E-state index contributed by atoms with van der Waals surface area (Å²) in [6.07, 6.45) is 6.66. The number of hydrogen-bond donors (Lipinski definition) is 0. The van der Waals surface area contributed by atoms with Gasteiger partial charge in [-0.05, 0) is 47.4 Å². The van der Waals surface area contributed by atoms with Gasteiger partial charge in [0.05, 0.1) is 11.2 Å². The van der Waals surface area contributed by atoms with Crippen molar-refractivity contribution in [2.24, 2.45) is 0 Å². The summed E-state index contributed by atoms with van der Waals surface area (Å²) in [5, 5.41) is 2.42. The Balaban J connectivity index is 1.70. The predicted molar refractivity (Wildman–Crippen MR) is 108 cm³/mol. The van der Waals surface area contributed by atoms with Gasteiger partial charge in [0.1, 0.15) is 11.3 Å². The Bertz CT molecular complexity index is 1090. The molecule has 0 spiro atoms. The number of aromatic nitrogens is 2. The van der Waals surface area contributed by atoms with Gasteiger partial charge in [-0.25, -0.2) is 9.37 Å². The summed E-state index contributed by atoms with van der Waals surface area (Å²) in [7, 11) is 0. The van der Waals surface area contributed by atoms with E-state index in [1.54, 1.807) is 46.8 Å². The Hall–Kier alpha value is -2.90. The molecule has 27 heavy (non-hydrogen) atoms. The number of hydrogen-bond acceptors (Lipinski definition) is 5. The summed E-state index contributed by atoms with van der Waals surface area (Å²) in [6, 6.07) is 12.4. The lowest BCUT2D eigenvalue weighted by atomic mass is 10.2. The molecule has 3 heterocycles. The van der Waals surface area contributed by atoms with Gasteiger partial charge >= 0.3 is 0 Å². The highest BCUT2D eigenvalue weighted by Crippen LogP contribution is 2.31. The molecule has 7 heteroatoms. The molecule has 1 amide bonds. The zero-order valence-electron chi connectivity index (χ0n) is 14.1. The van der Waals surface area contributed by atoms with Crippen molar-refractivity contribution in [1.82, 2.24) is 9.97 Å². The Kier molecular flexibility index (Phi) is 5.04. The van der Waals surface area contributed by atoms with Gasteiger partial charge in [-0.3, -0.25) is 14.7 Å². The highest BCUT2D eigenvalue weighted by atomic mass is 32.1. The number of thiophene rings is 1. The molecule has 0 saturated heterocycles. The lowest BCUT2D eigenvalue weighted by Gasteiger charge is -2.18. The van der Waals surface area contributed by atoms with E-state index in [0.29, 0.717) is 16.4 Å². The number of rotatable bonds is 5. The number of para-hydroxylation sites is 1. The minimum Gasteiger partial charge on any atom is -0.280 e. The van der Waals surface area contributed by atoms with E-state index < -0.39 is 0 Å². The van der Waals surface area contributed by atoms with Gasteiger partial charge < -0.3 is 0 Å². The molecule has 0 aliphatic rings. The van der Waals surface area contributed by atoms with Crippen molar-refractivity contribution in [2.45, 2.75) is 6.54 Å². The van der Waals surface area contributed by atoms with Gasteiger partial charge in [0.2, 0.25) is 0 Å². The highest BCUT2D eigenvalue weighted by molar-refractivity contribution is 7.22. The van der Waals surface area contributed by atoms with Crippen LogP contribution in [0.15, 0.2) is 66.3 Å². The van der Waals surface area contributed by atoms with Crippen LogP contribution in [0.4, 0.5) is 9.52 Å². The standard InChI is InChI=1S/C20H14FN3OS2/c21-16-4-1-5-17-19(16)23-20(27-17)24(13-14-8-10-22-11-9-14)18(25)7-6-15-3-2-12-26-15/h1-12H,13H2/b7-6+. The molecular formula is C20H14FN3OS2. The van der Waals surface area contributed by atoms with E-state index in [0.717, 1.165) is 10.4 Å². The lowest BCUT2D eigenvalue weighted by molar-refractivity contribution is -0.114. The van der Waals surface area contributed by atoms with Crippen LogP contribution in [0.3, 0.4) is 0 Å². The lowest BCUT2D eigenvalue weighted by Crippen LogP contribution is -2.28. The van der Waals surface area contributed by atoms with Crippen molar-refractivity contribution in [1.29, 1.82) is 0 Å². The number of anilines is 1. The first kappa shape index (κ1) is 17.5. The quantitative estimate of drug-likeness (QED) is 0.440. The Morgan fingerprint density at radius 2 is 2.00 bits per heavy atom. The molecule has 0 bridgehead atoms. The number of carbonyl (C=O) groups excluding carboxylic acids is 1. The number of thiazole rings is 1. The van der Waals surface area contributed by atoms with Gasteiger partial charge in [-0.15, -0.1) is 11.3 Å². The summed E-state index contributed by atoms with van der Waals surface area (Å²) in [5.41, 5.74) is 1.20. The van der Waals surface area contributed by atoms with Gasteiger partial charge in [-0.2, -0.15) is 0 Å². The van der Waals surface area contributed by atoms with Gasteiger partial charge in [0.25, 0.3) is 5.91 Å². The van der Waals surface area contributed by atoms with Crippen LogP contribution >= 0.6 is 22.7 Å². The molecule has 0 N–H and O–H groups in total. The number of benzene rings is 1. The maximum absolute atomic E-state index is 14.0. The highest BCUT2D eigenvalue weighted by Gasteiger charge is 2.19. The average molecular weight is 395 g/mol. The van der Waals surface area contributed by atoms with Crippen molar-refractivity contribution in [3.05, 3.63) is 82.6 Å². The fourth-order valence-electron chi connectivity index (χ4n) is 2.56. The number of pyridine rings is 1. The van der Waals surface area contributed by atoms with E-state index >= 15 is 0 Å². The summed E-state index contributed by atoms with van der Waals surface area (Å²) in [5.74, 6) is -0.597. The Labute approximate surface area is 163 Å². The van der Waals surface area contributed by atoms with Gasteiger partial charge in [0, 0.05) is 23.3 Å². The van der Waals surface area contributed by atoms with Crippen LogP contribution in [-0.4, -0.2) is 15.9 Å². The fourth-order valence-corrected chi connectivity index (χ4v) is 4.16. The fraction of sp³-hybridized carbons (Fsp3) is 0.0500.